The van der Waals surface area contributed by atoms with E-state index < -0.39 is 0 Å². The van der Waals surface area contributed by atoms with Gasteiger partial charge in [-0.2, -0.15) is 0 Å². The molecule has 1 saturated heterocycles. The van der Waals surface area contributed by atoms with Gasteiger partial charge in [0.25, 0.3) is 0 Å². The molecule has 4 nitrogen and oxygen atoms in total. The molecule has 1 aliphatic heterocycles. The highest BCUT2D eigenvalue weighted by molar-refractivity contribution is 7.11. The molecule has 0 amide bonds. The summed E-state index contributed by atoms with van der Waals surface area (Å²) in [7, 11) is 2.15. The lowest BCUT2D eigenvalue weighted by atomic mass is 10.2. The SMILES string of the molecule is CCc1nc(C2CN(C)CCO2)sc1CNC1CC1. The highest BCUT2D eigenvalue weighted by Gasteiger charge is 2.25. The van der Waals surface area contributed by atoms with Crippen LogP contribution in [0.15, 0.2) is 0 Å². The number of hydrogen-bond acceptors (Lipinski definition) is 5. The fourth-order valence-corrected chi connectivity index (χ4v) is 3.55. The smallest absolute Gasteiger partial charge is 0.123 e. The predicted octanol–water partition coefficient (Wildman–Crippen LogP) is 1.96. The van der Waals surface area contributed by atoms with E-state index in [4.69, 9.17) is 9.72 Å². The molecular formula is C14H23N3OS. The average Bonchev–Trinajstić information content (AvgIpc) is 3.15. The maximum atomic E-state index is 5.87. The third kappa shape index (κ3) is 3.34. The maximum Gasteiger partial charge on any atom is 0.123 e. The van der Waals surface area contributed by atoms with Crippen LogP contribution in [0.25, 0.3) is 0 Å². The molecule has 3 rings (SSSR count). The van der Waals surface area contributed by atoms with Crippen molar-refractivity contribution in [2.75, 3.05) is 26.7 Å². The highest BCUT2D eigenvalue weighted by atomic mass is 32.1. The first-order valence-electron chi connectivity index (χ1n) is 7.28. The molecule has 2 aliphatic rings. The molecule has 2 heterocycles. The first kappa shape index (κ1) is 13.5. The quantitative estimate of drug-likeness (QED) is 0.895. The number of nitrogens with one attached hydrogen (secondary N) is 1. The van der Waals surface area contributed by atoms with Gasteiger partial charge in [0.05, 0.1) is 12.3 Å². The van der Waals surface area contributed by atoms with Crippen LogP contribution in [0.1, 0.15) is 41.4 Å². The lowest BCUT2D eigenvalue weighted by Crippen LogP contribution is -2.35. The van der Waals surface area contributed by atoms with Gasteiger partial charge in [-0.15, -0.1) is 11.3 Å². The van der Waals surface area contributed by atoms with Gasteiger partial charge in [0.1, 0.15) is 11.1 Å². The molecule has 5 heteroatoms. The molecule has 2 fully saturated rings. The molecular weight excluding hydrogens is 258 g/mol. The van der Waals surface area contributed by atoms with Crippen molar-refractivity contribution in [2.45, 2.75) is 44.9 Å². The molecule has 1 N–H and O–H groups in total. The van der Waals surface area contributed by atoms with Gasteiger partial charge in [-0.05, 0) is 26.3 Å². The van der Waals surface area contributed by atoms with Crippen molar-refractivity contribution < 1.29 is 4.74 Å². The second-order valence-corrected chi connectivity index (χ2v) is 6.67. The zero-order valence-corrected chi connectivity index (χ0v) is 12.6. The van der Waals surface area contributed by atoms with Crippen molar-refractivity contribution in [3.8, 4) is 0 Å². The van der Waals surface area contributed by atoms with E-state index in [9.17, 15) is 0 Å². The van der Waals surface area contributed by atoms with Gasteiger partial charge in [0.15, 0.2) is 0 Å². The summed E-state index contributed by atoms with van der Waals surface area (Å²) in [6.45, 7) is 5.98. The Kier molecular flexibility index (Phi) is 4.17. The molecule has 1 aromatic heterocycles. The number of aromatic nitrogens is 1. The lowest BCUT2D eigenvalue weighted by Gasteiger charge is -2.28. The summed E-state index contributed by atoms with van der Waals surface area (Å²) in [5.74, 6) is 0. The van der Waals surface area contributed by atoms with Crippen molar-refractivity contribution in [1.29, 1.82) is 0 Å². The van der Waals surface area contributed by atoms with E-state index in [-0.39, 0.29) is 6.10 Å². The van der Waals surface area contributed by atoms with E-state index in [0.29, 0.717) is 0 Å². The molecule has 0 spiro atoms. The predicted molar refractivity (Wildman–Crippen MR) is 77.5 cm³/mol. The molecule has 1 aromatic rings. The number of thiazole rings is 1. The van der Waals surface area contributed by atoms with Crippen LogP contribution in [0, 0.1) is 0 Å². The van der Waals surface area contributed by atoms with Gasteiger partial charge in [0, 0.05) is 30.6 Å². The lowest BCUT2D eigenvalue weighted by molar-refractivity contribution is -0.0210. The molecule has 19 heavy (non-hydrogen) atoms. The zero-order chi connectivity index (χ0) is 13.2. The fourth-order valence-electron chi connectivity index (χ4n) is 2.41. The zero-order valence-electron chi connectivity index (χ0n) is 11.8. The van der Waals surface area contributed by atoms with Crippen molar-refractivity contribution >= 4 is 11.3 Å². The standard InChI is InChI=1S/C14H23N3OS/c1-3-11-13(8-15-10-4-5-10)19-14(16-11)12-9-17(2)6-7-18-12/h10,12,15H,3-9H2,1-2H3. The third-order valence-electron chi connectivity index (χ3n) is 3.80. The molecule has 1 aliphatic carbocycles. The Hall–Kier alpha value is -0.490. The van der Waals surface area contributed by atoms with Crippen LogP contribution < -0.4 is 5.32 Å². The molecule has 0 aromatic carbocycles. The van der Waals surface area contributed by atoms with E-state index >= 15 is 0 Å². The molecule has 106 valence electrons. The van der Waals surface area contributed by atoms with E-state index in [1.165, 1.54) is 23.4 Å². The van der Waals surface area contributed by atoms with Gasteiger partial charge < -0.3 is 15.0 Å². The summed E-state index contributed by atoms with van der Waals surface area (Å²) in [6, 6.07) is 0.757. The van der Waals surface area contributed by atoms with Crippen LogP contribution in [0.3, 0.4) is 0 Å². The van der Waals surface area contributed by atoms with Gasteiger partial charge in [-0.3, -0.25) is 0 Å². The van der Waals surface area contributed by atoms with Crippen molar-refractivity contribution in [3.05, 3.63) is 15.6 Å². The second kappa shape index (κ2) is 5.87. The second-order valence-electron chi connectivity index (χ2n) is 5.55. The Labute approximate surface area is 119 Å². The molecule has 0 bridgehead atoms. The first-order valence-corrected chi connectivity index (χ1v) is 8.10. The van der Waals surface area contributed by atoms with Crippen LogP contribution in [0.2, 0.25) is 0 Å². The molecule has 1 atom stereocenters. The number of ether oxygens (including phenoxy) is 1. The van der Waals surface area contributed by atoms with Crippen LogP contribution in [-0.2, 0) is 17.7 Å². The number of hydrogen-bond donors (Lipinski definition) is 1. The van der Waals surface area contributed by atoms with Crippen LogP contribution >= 0.6 is 11.3 Å². The van der Waals surface area contributed by atoms with Gasteiger partial charge in [-0.1, -0.05) is 6.92 Å². The average molecular weight is 281 g/mol. The Morgan fingerprint density at radius 1 is 1.47 bits per heavy atom. The minimum atomic E-state index is 0.170. The number of rotatable bonds is 5. The minimum absolute atomic E-state index is 0.170. The molecule has 0 radical (unpaired) electrons. The summed E-state index contributed by atoms with van der Waals surface area (Å²) in [6.07, 6.45) is 3.86. The topological polar surface area (TPSA) is 37.4 Å². The molecule has 1 saturated carbocycles. The monoisotopic (exact) mass is 281 g/mol. The first-order chi connectivity index (χ1) is 9.26. The number of aryl methyl sites for hydroxylation is 1. The summed E-state index contributed by atoms with van der Waals surface area (Å²) in [5.41, 5.74) is 1.25. The maximum absolute atomic E-state index is 5.87. The summed E-state index contributed by atoms with van der Waals surface area (Å²) in [4.78, 5) is 8.54. The number of morpholine rings is 1. The van der Waals surface area contributed by atoms with E-state index in [1.54, 1.807) is 0 Å². The Morgan fingerprint density at radius 2 is 2.32 bits per heavy atom. The van der Waals surface area contributed by atoms with Crippen LogP contribution in [-0.4, -0.2) is 42.7 Å². The third-order valence-corrected chi connectivity index (χ3v) is 4.99. The summed E-state index contributed by atoms with van der Waals surface area (Å²) < 4.78 is 5.87. The Morgan fingerprint density at radius 3 is 3.00 bits per heavy atom. The number of likely N-dealkylation sites (N-methyl/N-ethyl adjacent to an activating group) is 1. The molecule has 1 unspecified atom stereocenters. The van der Waals surface area contributed by atoms with Gasteiger partial charge >= 0.3 is 0 Å². The van der Waals surface area contributed by atoms with E-state index in [2.05, 4.69) is 24.2 Å². The summed E-state index contributed by atoms with van der Waals surface area (Å²) >= 11 is 1.84. The van der Waals surface area contributed by atoms with Gasteiger partial charge in [-0.25, -0.2) is 4.98 Å². The Balaban J connectivity index is 1.69. The fraction of sp³-hybridized carbons (Fsp3) is 0.786. The van der Waals surface area contributed by atoms with Crippen LogP contribution in [0.5, 0.6) is 0 Å². The van der Waals surface area contributed by atoms with E-state index in [1.807, 2.05) is 11.3 Å². The van der Waals surface area contributed by atoms with Gasteiger partial charge in [0.2, 0.25) is 0 Å². The minimum Gasteiger partial charge on any atom is -0.368 e. The van der Waals surface area contributed by atoms with Crippen LogP contribution in [0.4, 0.5) is 0 Å². The highest BCUT2D eigenvalue weighted by Crippen LogP contribution is 2.29. The normalized spacial score (nSPS) is 24.8. The number of nitrogens with zero attached hydrogens (tertiary/aromatic N) is 2. The summed E-state index contributed by atoms with van der Waals surface area (Å²) in [5, 5.41) is 4.75. The largest absolute Gasteiger partial charge is 0.368 e. The Bertz CT molecular complexity index is 430. The van der Waals surface area contributed by atoms with Crippen molar-refractivity contribution in [2.24, 2.45) is 0 Å². The van der Waals surface area contributed by atoms with E-state index in [0.717, 1.165) is 43.7 Å². The van der Waals surface area contributed by atoms with Crippen molar-refractivity contribution in [1.82, 2.24) is 15.2 Å². The van der Waals surface area contributed by atoms with Crippen molar-refractivity contribution in [3.63, 3.8) is 0 Å².